The largest absolute Gasteiger partial charge is 0.497 e. The van der Waals surface area contributed by atoms with Gasteiger partial charge in [0, 0.05) is 18.5 Å². The summed E-state index contributed by atoms with van der Waals surface area (Å²) in [5, 5.41) is 0. The Hall–Kier alpha value is -3.02. The summed E-state index contributed by atoms with van der Waals surface area (Å²) in [6.07, 6.45) is 0.698. The van der Waals surface area contributed by atoms with E-state index in [1.165, 1.54) is 0 Å². The number of benzene rings is 2. The topological polar surface area (TPSA) is 65.1 Å². The van der Waals surface area contributed by atoms with Crippen molar-refractivity contribution in [3.05, 3.63) is 60.2 Å². The maximum absolute atomic E-state index is 12.7. The van der Waals surface area contributed by atoms with Crippen LogP contribution in [-0.4, -0.2) is 42.6 Å². The summed E-state index contributed by atoms with van der Waals surface area (Å²) in [6, 6.07) is 17.0. The van der Waals surface area contributed by atoms with Gasteiger partial charge in [-0.25, -0.2) is 0 Å². The summed E-state index contributed by atoms with van der Waals surface area (Å²) >= 11 is 0. The van der Waals surface area contributed by atoms with E-state index >= 15 is 0 Å². The number of rotatable bonds is 10. The van der Waals surface area contributed by atoms with Gasteiger partial charge in [0.05, 0.1) is 13.7 Å². The molecule has 0 bridgehead atoms. The zero-order valence-corrected chi connectivity index (χ0v) is 18.2. The van der Waals surface area contributed by atoms with Crippen LogP contribution in [0, 0.1) is 0 Å². The number of carbonyl (C=O) groups is 2. The first-order valence-electron chi connectivity index (χ1n) is 10.1. The number of carbonyl (C=O) groups excluding carboxylic acids is 2. The first-order chi connectivity index (χ1) is 14.3. The highest BCUT2D eigenvalue weighted by Crippen LogP contribution is 2.19. The predicted octanol–water partition coefficient (Wildman–Crippen LogP) is 4.22. The summed E-state index contributed by atoms with van der Waals surface area (Å²) in [4.78, 5) is 26.4. The van der Waals surface area contributed by atoms with Crippen molar-refractivity contribution in [1.82, 2.24) is 4.90 Å². The van der Waals surface area contributed by atoms with Crippen LogP contribution >= 0.6 is 0 Å². The van der Waals surface area contributed by atoms with E-state index in [0.717, 1.165) is 11.3 Å². The van der Waals surface area contributed by atoms with Gasteiger partial charge in [-0.3, -0.25) is 9.59 Å². The fourth-order valence-corrected chi connectivity index (χ4v) is 2.84. The molecule has 0 saturated heterocycles. The SMILES string of the molecule is COc1ccc(OCCCC(=O)OCC(=O)N(Cc2ccccc2)C(C)(C)C)cc1. The van der Waals surface area contributed by atoms with Crippen LogP contribution in [0.1, 0.15) is 39.2 Å². The Morgan fingerprint density at radius 2 is 1.57 bits per heavy atom. The minimum absolute atomic E-state index is 0.192. The molecule has 0 radical (unpaired) electrons. The van der Waals surface area contributed by atoms with E-state index in [4.69, 9.17) is 14.2 Å². The van der Waals surface area contributed by atoms with Crippen LogP contribution in [0.25, 0.3) is 0 Å². The molecule has 6 heteroatoms. The van der Waals surface area contributed by atoms with Crippen LogP contribution in [0.2, 0.25) is 0 Å². The van der Waals surface area contributed by atoms with Gasteiger partial charge in [-0.15, -0.1) is 0 Å². The van der Waals surface area contributed by atoms with Crippen LogP contribution in [0.4, 0.5) is 0 Å². The maximum atomic E-state index is 12.7. The van der Waals surface area contributed by atoms with E-state index in [9.17, 15) is 9.59 Å². The van der Waals surface area contributed by atoms with E-state index in [0.29, 0.717) is 25.3 Å². The third-order valence-electron chi connectivity index (χ3n) is 4.50. The molecule has 0 fully saturated rings. The van der Waals surface area contributed by atoms with E-state index in [-0.39, 0.29) is 24.5 Å². The molecular weight excluding hydrogens is 382 g/mol. The second kappa shape index (κ2) is 11.2. The Bertz CT molecular complexity index is 797. The molecule has 0 aromatic heterocycles. The smallest absolute Gasteiger partial charge is 0.306 e. The van der Waals surface area contributed by atoms with Crippen molar-refractivity contribution in [3.8, 4) is 11.5 Å². The third kappa shape index (κ3) is 7.78. The van der Waals surface area contributed by atoms with Gasteiger partial charge in [-0.2, -0.15) is 0 Å². The molecule has 0 aliphatic rings. The molecule has 2 rings (SSSR count). The molecule has 1 amide bonds. The second-order valence-electron chi connectivity index (χ2n) is 7.92. The Morgan fingerprint density at radius 3 is 2.17 bits per heavy atom. The average molecular weight is 414 g/mol. The number of ether oxygens (including phenoxy) is 3. The predicted molar refractivity (Wildman–Crippen MR) is 115 cm³/mol. The third-order valence-corrected chi connectivity index (χ3v) is 4.50. The van der Waals surface area contributed by atoms with Crippen LogP contribution in [-0.2, 0) is 20.9 Å². The summed E-state index contributed by atoms with van der Waals surface area (Å²) in [5.41, 5.74) is 0.647. The summed E-state index contributed by atoms with van der Waals surface area (Å²) in [6.45, 7) is 6.49. The van der Waals surface area contributed by atoms with Crippen LogP contribution < -0.4 is 9.47 Å². The first-order valence-corrected chi connectivity index (χ1v) is 10.1. The van der Waals surface area contributed by atoms with Crippen molar-refractivity contribution in [2.75, 3.05) is 20.3 Å². The lowest BCUT2D eigenvalue weighted by Crippen LogP contribution is -2.46. The van der Waals surface area contributed by atoms with Gasteiger partial charge in [0.1, 0.15) is 11.5 Å². The number of esters is 1. The molecule has 0 aliphatic heterocycles. The van der Waals surface area contributed by atoms with Gasteiger partial charge < -0.3 is 19.1 Å². The van der Waals surface area contributed by atoms with E-state index < -0.39 is 5.97 Å². The molecule has 0 atom stereocenters. The Morgan fingerprint density at radius 1 is 0.933 bits per heavy atom. The standard InChI is InChI=1S/C24H31NO5/c1-24(2,3)25(17-19-9-6-5-7-10-19)22(26)18-30-23(27)11-8-16-29-21-14-12-20(28-4)13-15-21/h5-7,9-10,12-15H,8,11,16-18H2,1-4H3. The van der Waals surface area contributed by atoms with E-state index in [1.54, 1.807) is 12.0 Å². The molecule has 0 saturated carbocycles. The van der Waals surface area contributed by atoms with Gasteiger partial charge in [-0.05, 0) is 57.0 Å². The highest BCUT2D eigenvalue weighted by molar-refractivity contribution is 5.81. The van der Waals surface area contributed by atoms with E-state index in [2.05, 4.69) is 0 Å². The first kappa shape index (κ1) is 23.3. The van der Waals surface area contributed by atoms with Gasteiger partial charge in [0.25, 0.3) is 5.91 Å². The molecule has 0 aliphatic carbocycles. The lowest BCUT2D eigenvalue weighted by molar-refractivity contribution is -0.154. The molecular formula is C24H31NO5. The molecule has 6 nitrogen and oxygen atoms in total. The number of amides is 1. The van der Waals surface area contributed by atoms with Gasteiger partial charge >= 0.3 is 5.97 Å². The fourth-order valence-electron chi connectivity index (χ4n) is 2.84. The van der Waals surface area contributed by atoms with Crippen molar-refractivity contribution >= 4 is 11.9 Å². The van der Waals surface area contributed by atoms with Gasteiger partial charge in [-0.1, -0.05) is 30.3 Å². The van der Waals surface area contributed by atoms with Crippen LogP contribution in [0.5, 0.6) is 11.5 Å². The highest BCUT2D eigenvalue weighted by Gasteiger charge is 2.27. The number of methoxy groups -OCH3 is 1. The normalized spacial score (nSPS) is 10.9. The lowest BCUT2D eigenvalue weighted by Gasteiger charge is -2.35. The fraction of sp³-hybridized carbons (Fsp3) is 0.417. The molecule has 0 unspecified atom stereocenters. The average Bonchev–Trinajstić information content (AvgIpc) is 2.73. The number of nitrogens with zero attached hydrogens (tertiary/aromatic N) is 1. The van der Waals surface area contributed by atoms with Crippen molar-refractivity contribution < 1.29 is 23.8 Å². The van der Waals surface area contributed by atoms with Crippen LogP contribution in [0.3, 0.4) is 0 Å². The minimum atomic E-state index is -0.407. The number of hydrogen-bond donors (Lipinski definition) is 0. The van der Waals surface area contributed by atoms with Gasteiger partial charge in [0.2, 0.25) is 0 Å². The molecule has 2 aromatic carbocycles. The lowest BCUT2D eigenvalue weighted by atomic mass is 10.0. The summed E-state index contributed by atoms with van der Waals surface area (Å²) in [7, 11) is 1.61. The zero-order chi connectivity index (χ0) is 22.0. The maximum Gasteiger partial charge on any atom is 0.306 e. The Kier molecular flexibility index (Phi) is 8.71. The van der Waals surface area contributed by atoms with Crippen molar-refractivity contribution in [3.63, 3.8) is 0 Å². The molecule has 2 aromatic rings. The molecule has 0 spiro atoms. The summed E-state index contributed by atoms with van der Waals surface area (Å²) < 4.78 is 15.9. The highest BCUT2D eigenvalue weighted by atomic mass is 16.5. The van der Waals surface area contributed by atoms with E-state index in [1.807, 2.05) is 75.4 Å². The monoisotopic (exact) mass is 413 g/mol. The summed E-state index contributed by atoms with van der Waals surface area (Å²) in [5.74, 6) is 0.845. The molecule has 0 N–H and O–H groups in total. The van der Waals surface area contributed by atoms with Crippen molar-refractivity contribution in [2.24, 2.45) is 0 Å². The molecule has 162 valence electrons. The van der Waals surface area contributed by atoms with Crippen molar-refractivity contribution in [2.45, 2.75) is 45.7 Å². The van der Waals surface area contributed by atoms with Crippen LogP contribution in [0.15, 0.2) is 54.6 Å². The molecule has 30 heavy (non-hydrogen) atoms. The minimum Gasteiger partial charge on any atom is -0.497 e. The molecule has 0 heterocycles. The quantitative estimate of drug-likeness (QED) is 0.431. The number of hydrogen-bond acceptors (Lipinski definition) is 5. The van der Waals surface area contributed by atoms with Crippen molar-refractivity contribution in [1.29, 1.82) is 0 Å². The Labute approximate surface area is 178 Å². The zero-order valence-electron chi connectivity index (χ0n) is 18.2. The Balaban J connectivity index is 1.74. The second-order valence-corrected chi connectivity index (χ2v) is 7.92. The van der Waals surface area contributed by atoms with Gasteiger partial charge in [0.15, 0.2) is 6.61 Å².